The third-order valence-corrected chi connectivity index (χ3v) is 1.58. The summed E-state index contributed by atoms with van der Waals surface area (Å²) in [6, 6.07) is 0. The van der Waals surface area contributed by atoms with Gasteiger partial charge in [0.25, 0.3) is 0 Å². The molecule has 0 radical (unpaired) electrons. The maximum atomic E-state index is 5.36. The summed E-state index contributed by atoms with van der Waals surface area (Å²) in [4.78, 5) is 4.32. The largest absolute Gasteiger partial charge is 0.488 e. The summed E-state index contributed by atoms with van der Waals surface area (Å²) in [6.07, 6.45) is 1.48. The molecule has 2 N–H and O–H groups in total. The second-order valence-electron chi connectivity index (χ2n) is 2.80. The quantitative estimate of drug-likeness (QED) is 0.610. The number of aliphatic imine (C=N–C) groups is 1. The number of ether oxygens (including phenoxy) is 1. The zero-order chi connectivity index (χ0) is 8.27. The normalized spacial score (nSPS) is 21.7. The first-order chi connectivity index (χ1) is 5.25. The zero-order valence-electron chi connectivity index (χ0n) is 7.00. The fourth-order valence-corrected chi connectivity index (χ4v) is 1.07. The first-order valence-corrected chi connectivity index (χ1v) is 3.85. The van der Waals surface area contributed by atoms with Crippen LogP contribution in [-0.4, -0.2) is 18.9 Å². The Morgan fingerprint density at radius 3 is 2.82 bits per heavy atom. The average molecular weight is 154 g/mol. The Labute approximate surface area is 66.9 Å². The van der Waals surface area contributed by atoms with E-state index >= 15 is 0 Å². The predicted octanol–water partition coefficient (Wildman–Crippen LogP) is 0.914. The standard InChI is InChI=1S/C8H14N2O/c1-6(2)8-7(5-9)11-4-3-10-8/h5-6H,3-4,9H2,1-2H3. The summed E-state index contributed by atoms with van der Waals surface area (Å²) >= 11 is 0. The molecule has 0 aromatic rings. The van der Waals surface area contributed by atoms with Gasteiger partial charge in [0.05, 0.1) is 12.3 Å². The molecular formula is C8H14N2O. The van der Waals surface area contributed by atoms with E-state index in [4.69, 9.17) is 10.5 Å². The Morgan fingerprint density at radius 2 is 2.36 bits per heavy atom. The van der Waals surface area contributed by atoms with E-state index in [0.29, 0.717) is 12.5 Å². The Kier molecular flexibility index (Phi) is 2.52. The molecule has 0 aromatic carbocycles. The lowest BCUT2D eigenvalue weighted by Gasteiger charge is -2.18. The molecule has 1 aliphatic rings. The van der Waals surface area contributed by atoms with Gasteiger partial charge in [-0.3, -0.25) is 4.99 Å². The summed E-state index contributed by atoms with van der Waals surface area (Å²) < 4.78 is 5.31. The van der Waals surface area contributed by atoms with E-state index in [0.717, 1.165) is 18.0 Å². The van der Waals surface area contributed by atoms with Crippen LogP contribution in [0.25, 0.3) is 0 Å². The lowest BCUT2D eigenvalue weighted by atomic mass is 10.1. The molecule has 0 bridgehead atoms. The van der Waals surface area contributed by atoms with Gasteiger partial charge in [-0.1, -0.05) is 13.8 Å². The molecule has 0 saturated heterocycles. The van der Waals surface area contributed by atoms with Crippen molar-refractivity contribution < 1.29 is 4.74 Å². The van der Waals surface area contributed by atoms with E-state index in [2.05, 4.69) is 18.8 Å². The third kappa shape index (κ3) is 1.73. The van der Waals surface area contributed by atoms with E-state index in [-0.39, 0.29) is 0 Å². The molecule has 11 heavy (non-hydrogen) atoms. The predicted molar refractivity (Wildman–Crippen MR) is 45.4 cm³/mol. The minimum atomic E-state index is 0.394. The van der Waals surface area contributed by atoms with Crippen molar-refractivity contribution in [3.05, 3.63) is 12.0 Å². The molecule has 3 heteroatoms. The van der Waals surface area contributed by atoms with E-state index in [1.54, 1.807) is 0 Å². The van der Waals surface area contributed by atoms with Gasteiger partial charge in [0.15, 0.2) is 5.76 Å². The molecule has 62 valence electrons. The number of nitrogens with two attached hydrogens (primary N) is 1. The fraction of sp³-hybridized carbons (Fsp3) is 0.625. The highest BCUT2D eigenvalue weighted by molar-refractivity contribution is 6.00. The Morgan fingerprint density at radius 1 is 1.64 bits per heavy atom. The molecule has 0 spiro atoms. The Balaban J connectivity index is 2.80. The number of nitrogens with zero attached hydrogens (tertiary/aromatic N) is 1. The molecule has 3 nitrogen and oxygen atoms in total. The van der Waals surface area contributed by atoms with Crippen LogP contribution in [0.3, 0.4) is 0 Å². The first-order valence-electron chi connectivity index (χ1n) is 3.85. The van der Waals surface area contributed by atoms with E-state index in [1.165, 1.54) is 6.20 Å². The SMILES string of the molecule is CC(C)C1=NCCOC1=CN. The van der Waals surface area contributed by atoms with Crippen molar-refractivity contribution in [1.82, 2.24) is 0 Å². The van der Waals surface area contributed by atoms with Crippen LogP contribution in [0.2, 0.25) is 0 Å². The highest BCUT2D eigenvalue weighted by atomic mass is 16.5. The Bertz CT molecular complexity index is 194. The molecule has 0 unspecified atom stereocenters. The van der Waals surface area contributed by atoms with Gasteiger partial charge in [0, 0.05) is 6.20 Å². The van der Waals surface area contributed by atoms with Crippen LogP contribution in [0.15, 0.2) is 17.0 Å². The summed E-state index contributed by atoms with van der Waals surface area (Å²) in [6.45, 7) is 5.57. The molecule has 1 heterocycles. The average Bonchev–Trinajstić information content (AvgIpc) is 2.04. The summed E-state index contributed by atoms with van der Waals surface area (Å²) in [7, 11) is 0. The molecule has 0 atom stereocenters. The highest BCUT2D eigenvalue weighted by Gasteiger charge is 2.15. The van der Waals surface area contributed by atoms with E-state index in [9.17, 15) is 0 Å². The molecule has 0 aliphatic carbocycles. The zero-order valence-corrected chi connectivity index (χ0v) is 7.00. The molecule has 0 amide bonds. The maximum Gasteiger partial charge on any atom is 0.156 e. The van der Waals surface area contributed by atoms with Gasteiger partial charge in [0.2, 0.25) is 0 Å². The van der Waals surface area contributed by atoms with Crippen molar-refractivity contribution in [3.63, 3.8) is 0 Å². The van der Waals surface area contributed by atoms with E-state index in [1.807, 2.05) is 0 Å². The van der Waals surface area contributed by atoms with Crippen LogP contribution in [0.4, 0.5) is 0 Å². The van der Waals surface area contributed by atoms with Gasteiger partial charge in [-0.25, -0.2) is 0 Å². The van der Waals surface area contributed by atoms with Crippen LogP contribution in [0.5, 0.6) is 0 Å². The number of allylic oxidation sites excluding steroid dienone is 1. The highest BCUT2D eigenvalue weighted by Crippen LogP contribution is 2.12. The van der Waals surface area contributed by atoms with Crippen LogP contribution in [0.1, 0.15) is 13.8 Å². The van der Waals surface area contributed by atoms with Crippen LogP contribution in [0, 0.1) is 5.92 Å². The van der Waals surface area contributed by atoms with Gasteiger partial charge < -0.3 is 10.5 Å². The van der Waals surface area contributed by atoms with Gasteiger partial charge >= 0.3 is 0 Å². The molecule has 0 fully saturated rings. The fourth-order valence-electron chi connectivity index (χ4n) is 1.07. The van der Waals surface area contributed by atoms with Crippen LogP contribution >= 0.6 is 0 Å². The van der Waals surface area contributed by atoms with Crippen LogP contribution in [-0.2, 0) is 4.74 Å². The van der Waals surface area contributed by atoms with Gasteiger partial charge in [-0.2, -0.15) is 0 Å². The monoisotopic (exact) mass is 154 g/mol. The second kappa shape index (κ2) is 3.42. The summed E-state index contributed by atoms with van der Waals surface area (Å²) in [5.41, 5.74) is 6.35. The maximum absolute atomic E-state index is 5.36. The van der Waals surface area contributed by atoms with Crippen LogP contribution < -0.4 is 5.73 Å². The lowest BCUT2D eigenvalue weighted by molar-refractivity contribution is 0.228. The van der Waals surface area contributed by atoms with E-state index < -0.39 is 0 Å². The topological polar surface area (TPSA) is 47.6 Å². The van der Waals surface area contributed by atoms with Crippen molar-refractivity contribution in [2.75, 3.05) is 13.2 Å². The Hall–Kier alpha value is -0.990. The first kappa shape index (κ1) is 8.11. The van der Waals surface area contributed by atoms with Crippen molar-refractivity contribution in [3.8, 4) is 0 Å². The molecule has 1 aliphatic heterocycles. The molecule has 0 saturated carbocycles. The van der Waals surface area contributed by atoms with Gasteiger partial charge in [0.1, 0.15) is 6.61 Å². The summed E-state index contributed by atoms with van der Waals surface area (Å²) in [5, 5.41) is 0. The van der Waals surface area contributed by atoms with Gasteiger partial charge in [-0.05, 0) is 5.92 Å². The molecular weight excluding hydrogens is 140 g/mol. The smallest absolute Gasteiger partial charge is 0.156 e. The number of rotatable bonds is 1. The minimum Gasteiger partial charge on any atom is -0.488 e. The second-order valence-corrected chi connectivity index (χ2v) is 2.80. The van der Waals surface area contributed by atoms with Crippen molar-refractivity contribution in [1.29, 1.82) is 0 Å². The van der Waals surface area contributed by atoms with Crippen molar-refractivity contribution >= 4 is 5.71 Å². The van der Waals surface area contributed by atoms with Crippen molar-refractivity contribution in [2.45, 2.75) is 13.8 Å². The minimum absolute atomic E-state index is 0.394. The lowest BCUT2D eigenvalue weighted by Crippen LogP contribution is -2.21. The third-order valence-electron chi connectivity index (χ3n) is 1.58. The summed E-state index contributed by atoms with van der Waals surface area (Å²) in [5.74, 6) is 1.14. The molecule has 1 rings (SSSR count). The van der Waals surface area contributed by atoms with Crippen molar-refractivity contribution in [2.24, 2.45) is 16.6 Å². The number of hydrogen-bond donors (Lipinski definition) is 1. The number of hydrogen-bond acceptors (Lipinski definition) is 3. The van der Waals surface area contributed by atoms with Gasteiger partial charge in [-0.15, -0.1) is 0 Å². The molecule has 0 aromatic heterocycles.